The van der Waals surface area contributed by atoms with Gasteiger partial charge in [-0.3, -0.25) is 9.59 Å². The molecule has 15 rings (SSSR count). The Bertz CT molecular complexity index is 2850. The van der Waals surface area contributed by atoms with E-state index in [2.05, 4.69) is 44.3 Å². The summed E-state index contributed by atoms with van der Waals surface area (Å²) in [6.07, 6.45) is 17.9. The van der Waals surface area contributed by atoms with Crippen molar-refractivity contribution in [1.29, 1.82) is 0 Å². The van der Waals surface area contributed by atoms with Gasteiger partial charge in [0.1, 0.15) is 28.5 Å². The average molecular weight is 1200 g/mol. The lowest BCUT2D eigenvalue weighted by Crippen LogP contribution is -2.72. The minimum absolute atomic E-state index is 0.0371. The summed E-state index contributed by atoms with van der Waals surface area (Å²) in [4.78, 5) is 34.7. The second-order valence-corrected chi connectivity index (χ2v) is 32.6. The minimum Gasteiger partial charge on any atom is -0.508 e. The fourth-order valence-electron chi connectivity index (χ4n) is 22.4. The third-order valence-corrected chi connectivity index (χ3v) is 29.4. The number of carbonyl (C=O) groups is 2. The van der Waals surface area contributed by atoms with Gasteiger partial charge in [-0.15, -0.1) is 0 Å². The maximum Gasteiger partial charge on any atom is 0.235 e. The summed E-state index contributed by atoms with van der Waals surface area (Å²) in [6, 6.07) is 5.37. The Kier molecular flexibility index (Phi) is 15.2. The maximum atomic E-state index is 16.9. The SMILES string of the molecule is COCCCC1(NC[C@@H]2C[C@H]3C=C[C@@]4(CO)CCC[C@@H]5CSS[C@H](O)[C@@]67C[C@@H](O)[C@](O)(CO)C[C@]6(C)[C@H]6C[C@H]8C=CC[C@](O)([C@@H]9O[C@H]9[C@H](C)C(C)C)[C@H]9CC[C@@](O)(C6=CC7=O)[C@]89CCc6cc(O)cc(c6)N6C[C@@]3([C@H]2O)[C@]54C6=O)CCCCC1. The first kappa shape index (κ1) is 60.5. The second-order valence-electron chi connectivity index (χ2n) is 30.1. The molecule has 8 fully saturated rings. The summed E-state index contributed by atoms with van der Waals surface area (Å²) in [5.41, 5.74) is -12.7. The van der Waals surface area contributed by atoms with Crippen LogP contribution in [-0.2, 0) is 25.5 Å². The van der Waals surface area contributed by atoms with Crippen LogP contribution in [0, 0.1) is 79.8 Å². The molecule has 9 aliphatic carbocycles. The van der Waals surface area contributed by atoms with Gasteiger partial charge >= 0.3 is 0 Å². The molecule has 10 N–H and O–H groups in total. The van der Waals surface area contributed by atoms with E-state index in [1.807, 2.05) is 24.0 Å². The van der Waals surface area contributed by atoms with E-state index in [0.29, 0.717) is 81.5 Å². The number of hydrogen-bond acceptors (Lipinski definition) is 16. The van der Waals surface area contributed by atoms with Crippen LogP contribution in [0.2, 0.25) is 0 Å². The lowest BCUT2D eigenvalue weighted by molar-refractivity contribution is -0.235. The van der Waals surface area contributed by atoms with Crippen LogP contribution in [-0.4, -0.2) is 156 Å². The van der Waals surface area contributed by atoms with Gasteiger partial charge in [0.05, 0.1) is 48.0 Å². The van der Waals surface area contributed by atoms with Crippen LogP contribution in [0.25, 0.3) is 0 Å². The van der Waals surface area contributed by atoms with E-state index >= 15 is 9.59 Å². The number of ether oxygens (including phenoxy) is 2. The molecule has 21 atom stereocenters. The number of anilines is 1. The number of aromatic hydroxyl groups is 1. The van der Waals surface area contributed by atoms with Crippen LogP contribution in [0.1, 0.15) is 149 Å². The zero-order valence-corrected chi connectivity index (χ0v) is 51.9. The monoisotopic (exact) mass is 1200 g/mol. The smallest absolute Gasteiger partial charge is 0.235 e. The third-order valence-electron chi connectivity index (χ3n) is 26.7. The molecule has 84 heavy (non-hydrogen) atoms. The Morgan fingerprint density at radius 2 is 1.68 bits per heavy atom. The average Bonchev–Trinajstić information content (AvgIpc) is 1.45. The first-order chi connectivity index (χ1) is 40.0. The van der Waals surface area contributed by atoms with Crippen molar-refractivity contribution in [1.82, 2.24) is 5.32 Å². The number of aliphatic hydroxyl groups is 8. The molecule has 0 radical (unpaired) electrons. The van der Waals surface area contributed by atoms with Crippen molar-refractivity contribution in [2.75, 3.05) is 50.7 Å². The van der Waals surface area contributed by atoms with Crippen molar-refractivity contribution < 1.29 is 65.0 Å². The van der Waals surface area contributed by atoms with E-state index < -0.39 is 109 Å². The molecule has 17 heteroatoms. The van der Waals surface area contributed by atoms with Crippen molar-refractivity contribution in [2.24, 2.45) is 79.8 Å². The number of phenols is 1. The Labute approximate surface area is 504 Å². The number of amides is 1. The van der Waals surface area contributed by atoms with Gasteiger partial charge in [0, 0.05) is 72.0 Å². The summed E-state index contributed by atoms with van der Waals surface area (Å²) < 4.78 is 12.1. The Hall–Kier alpha value is -2.36. The molecule has 0 unspecified atom stereocenters. The number of benzene rings is 1. The topological polar surface area (TPSA) is 253 Å². The first-order valence-corrected chi connectivity index (χ1v) is 34.8. The lowest BCUT2D eigenvalue weighted by Gasteiger charge is -2.68. The number of methoxy groups -OCH3 is 1. The number of allylic oxidation sites excluding steroid dienone is 3. The number of nitrogens with one attached hydrogen (secondary N) is 1. The number of ketones is 1. The molecule has 1 amide bonds. The van der Waals surface area contributed by atoms with Gasteiger partial charge in [-0.1, -0.05) is 99.3 Å². The number of nitrogens with zero attached hydrogens (tertiary/aromatic N) is 1. The second kappa shape index (κ2) is 21.1. The number of epoxide rings is 1. The molecule has 2 saturated heterocycles. The molecule has 6 saturated carbocycles. The Morgan fingerprint density at radius 3 is 2.42 bits per heavy atom. The predicted octanol–water partition coefficient (Wildman–Crippen LogP) is 7.32. The van der Waals surface area contributed by atoms with E-state index in [4.69, 9.17) is 9.47 Å². The molecule has 1 aromatic rings. The van der Waals surface area contributed by atoms with Crippen LogP contribution in [0.15, 0.2) is 54.2 Å². The summed E-state index contributed by atoms with van der Waals surface area (Å²) in [5, 5.41) is 119. The van der Waals surface area contributed by atoms with E-state index in [-0.39, 0.29) is 85.8 Å². The molecular weight excluding hydrogens is 1100 g/mol. The zero-order chi connectivity index (χ0) is 59.4. The standard InChI is InChI=1S/C67H96N2O13S2/c1-39(2)40(3)53-55(82-53)65(79)21-10-12-43-29-48-49-31-51(73)63(32-52(74)61(78,38-71)35-58(48,63)4)57(77)84-83-34-45-13-9-17-59(37-70)22-15-44-28-42(33-68-60(20-11-25-81-5)18-7-6-8-19-60)54(75)64(44)36-69(56(76)67(45,59)64)46-26-41(27-47(72)30-46)14-23-62(43)50(65)16-24-66(49,62)80/h10,12,15,22,26-27,30-31,39-40,42-45,48,50,52-55,57,68,70-72,74-75,77-80H,6-9,11,13-14,16-21,23-25,28-29,32-38H2,1-5H3/t40-,42+,43-,44-,45-,48+,50+,52-,53+,54+,55-,57+,58-,59-,61-,62-,63+,64-,65-,66-,67+/m1/s1. The molecule has 5 heterocycles. The number of carbonyl (C=O) groups excluding carboxylic acids is 2. The molecule has 14 aliphatic rings. The lowest BCUT2D eigenvalue weighted by atomic mass is 9.38. The first-order valence-electron chi connectivity index (χ1n) is 32.4. The summed E-state index contributed by atoms with van der Waals surface area (Å²) in [5.74, 6) is -2.45. The maximum absolute atomic E-state index is 16.9. The van der Waals surface area contributed by atoms with Gasteiger partial charge in [-0.05, 0) is 172 Å². The van der Waals surface area contributed by atoms with Gasteiger partial charge in [0.25, 0.3) is 0 Å². The highest BCUT2D eigenvalue weighted by Gasteiger charge is 2.83. The molecular formula is C67H96N2O13S2. The number of aryl methyl sites for hydroxylation is 1. The van der Waals surface area contributed by atoms with Crippen LogP contribution >= 0.6 is 21.6 Å². The summed E-state index contributed by atoms with van der Waals surface area (Å²) in [6.45, 7) is 8.63. The van der Waals surface area contributed by atoms with Crippen LogP contribution in [0.4, 0.5) is 5.69 Å². The zero-order valence-electron chi connectivity index (χ0n) is 50.2. The number of fused-ring (bicyclic) bond motifs is 1. The van der Waals surface area contributed by atoms with Gasteiger partial charge in [0.15, 0.2) is 5.78 Å². The molecule has 464 valence electrons. The highest BCUT2D eigenvalue weighted by molar-refractivity contribution is 8.76. The van der Waals surface area contributed by atoms with Gasteiger partial charge in [-0.25, -0.2) is 0 Å². The number of hydrogen-bond donors (Lipinski definition) is 10. The molecule has 0 aromatic heterocycles. The van der Waals surface area contributed by atoms with Crippen molar-refractivity contribution in [3.8, 4) is 5.75 Å². The number of rotatable bonds is 12. The van der Waals surface area contributed by atoms with Crippen molar-refractivity contribution in [3.05, 3.63) is 59.7 Å². The van der Waals surface area contributed by atoms with E-state index in [0.717, 1.165) is 54.9 Å². The fraction of sp³-hybridized carbons (Fsp3) is 0.791. The summed E-state index contributed by atoms with van der Waals surface area (Å²) >= 11 is 0. The van der Waals surface area contributed by atoms with Crippen LogP contribution < -0.4 is 10.2 Å². The van der Waals surface area contributed by atoms with E-state index in [1.54, 1.807) is 25.3 Å². The Balaban J connectivity index is 0.971. The highest BCUT2D eigenvalue weighted by atomic mass is 33.1. The highest BCUT2D eigenvalue weighted by Crippen LogP contribution is 2.79. The van der Waals surface area contributed by atoms with Gasteiger partial charge < -0.3 is 65.6 Å². The molecule has 8 bridgehead atoms. The van der Waals surface area contributed by atoms with Crippen LogP contribution in [0.3, 0.4) is 0 Å². The Morgan fingerprint density at radius 1 is 0.905 bits per heavy atom. The summed E-state index contributed by atoms with van der Waals surface area (Å²) in [7, 11) is 4.23. The number of phenolic OH excluding ortho intramolecular Hbond substituents is 1. The van der Waals surface area contributed by atoms with Gasteiger partial charge in [0.2, 0.25) is 5.91 Å². The molecule has 5 aliphatic heterocycles. The normalized spacial score (nSPS) is 48.4. The largest absolute Gasteiger partial charge is 0.508 e. The van der Waals surface area contributed by atoms with Crippen LogP contribution in [0.5, 0.6) is 5.75 Å². The van der Waals surface area contributed by atoms with Crippen molar-refractivity contribution >= 4 is 39.0 Å². The van der Waals surface area contributed by atoms with Crippen molar-refractivity contribution in [2.45, 2.75) is 202 Å². The molecule has 1 aromatic carbocycles. The molecule has 15 nitrogen and oxygen atoms in total. The third kappa shape index (κ3) is 8.03. The predicted molar refractivity (Wildman–Crippen MR) is 322 cm³/mol. The van der Waals surface area contributed by atoms with Gasteiger partial charge in [-0.2, -0.15) is 0 Å². The fourth-order valence-corrected chi connectivity index (χ4v) is 25.4. The number of aliphatic hydroxyl groups excluding tert-OH is 5. The van der Waals surface area contributed by atoms with Crippen molar-refractivity contribution in [3.63, 3.8) is 0 Å². The molecule has 4 spiro atoms. The minimum atomic E-state index is -2.04. The van der Waals surface area contributed by atoms with E-state index in [9.17, 15) is 46.0 Å². The quantitative estimate of drug-likeness (QED) is 0.0426. The van der Waals surface area contributed by atoms with E-state index in [1.165, 1.54) is 17.2 Å².